The Bertz CT molecular complexity index is 633. The van der Waals surface area contributed by atoms with Crippen molar-refractivity contribution in [1.82, 2.24) is 0 Å². The number of carboxylic acids is 1. The van der Waals surface area contributed by atoms with Crippen LogP contribution in [0.5, 0.6) is 0 Å². The summed E-state index contributed by atoms with van der Waals surface area (Å²) in [4.78, 5) is 22.3. The van der Waals surface area contributed by atoms with Crippen molar-refractivity contribution in [3.05, 3.63) is 63.7 Å². The Labute approximate surface area is 116 Å². The number of rotatable bonds is 3. The summed E-state index contributed by atoms with van der Waals surface area (Å²) >= 11 is 0. The maximum absolute atomic E-state index is 11.5. The van der Waals surface area contributed by atoms with Crippen molar-refractivity contribution in [2.75, 3.05) is 0 Å². The van der Waals surface area contributed by atoms with Gasteiger partial charge < -0.3 is 5.11 Å². The third-order valence-electron chi connectivity index (χ3n) is 4.02. The molecule has 1 aliphatic rings. The van der Waals surface area contributed by atoms with Crippen molar-refractivity contribution in [3.8, 4) is 0 Å². The Kier molecular flexibility index (Phi) is 3.44. The summed E-state index contributed by atoms with van der Waals surface area (Å²) in [5.41, 5.74) is 0.242. The van der Waals surface area contributed by atoms with Gasteiger partial charge in [-0.1, -0.05) is 48.9 Å². The van der Waals surface area contributed by atoms with Crippen LogP contribution in [0.4, 0.5) is 5.69 Å². The lowest BCUT2D eigenvalue weighted by Crippen LogP contribution is -2.39. The largest absolute Gasteiger partial charge is 0.481 e. The van der Waals surface area contributed by atoms with Crippen LogP contribution in [0.3, 0.4) is 0 Å². The molecule has 0 aliphatic heterocycles. The number of para-hydroxylation sites is 1. The Morgan fingerprint density at radius 1 is 1.40 bits per heavy atom. The summed E-state index contributed by atoms with van der Waals surface area (Å²) in [5.74, 6) is -1.82. The molecule has 0 aromatic heterocycles. The molecule has 1 N–H and O–H groups in total. The molecule has 2 unspecified atom stereocenters. The molecule has 5 heteroatoms. The van der Waals surface area contributed by atoms with Crippen molar-refractivity contribution in [1.29, 1.82) is 0 Å². The average Bonchev–Trinajstić information content (AvgIpc) is 2.41. The third-order valence-corrected chi connectivity index (χ3v) is 4.02. The lowest BCUT2D eigenvalue weighted by molar-refractivity contribution is -0.386. The summed E-state index contributed by atoms with van der Waals surface area (Å²) < 4.78 is 0. The van der Waals surface area contributed by atoms with Gasteiger partial charge in [0.05, 0.1) is 10.8 Å². The van der Waals surface area contributed by atoms with Crippen molar-refractivity contribution in [3.63, 3.8) is 0 Å². The highest BCUT2D eigenvalue weighted by molar-refractivity contribution is 5.77. The van der Waals surface area contributed by atoms with Gasteiger partial charge >= 0.3 is 5.97 Å². The second-order valence-electron chi connectivity index (χ2n) is 5.03. The van der Waals surface area contributed by atoms with Gasteiger partial charge in [0.2, 0.25) is 0 Å². The molecule has 0 heterocycles. The molecule has 0 amide bonds. The molecule has 5 nitrogen and oxygen atoms in total. The smallest absolute Gasteiger partial charge is 0.311 e. The van der Waals surface area contributed by atoms with Crippen LogP contribution in [-0.4, -0.2) is 16.0 Å². The van der Waals surface area contributed by atoms with Crippen molar-refractivity contribution < 1.29 is 14.8 Å². The maximum atomic E-state index is 11.5. The molecule has 2 atom stereocenters. The van der Waals surface area contributed by atoms with Gasteiger partial charge in [0.25, 0.3) is 5.69 Å². The minimum Gasteiger partial charge on any atom is -0.481 e. The zero-order valence-corrected chi connectivity index (χ0v) is 11.2. The van der Waals surface area contributed by atoms with E-state index in [1.54, 1.807) is 50.3 Å². The molecule has 1 aromatic rings. The van der Waals surface area contributed by atoms with Crippen LogP contribution < -0.4 is 0 Å². The number of nitro benzene ring substituents is 1. The second-order valence-corrected chi connectivity index (χ2v) is 5.03. The average molecular weight is 273 g/mol. The van der Waals surface area contributed by atoms with Gasteiger partial charge in [-0.15, -0.1) is 0 Å². The van der Waals surface area contributed by atoms with E-state index in [0.717, 1.165) is 5.57 Å². The van der Waals surface area contributed by atoms with Crippen LogP contribution in [0.2, 0.25) is 0 Å². The van der Waals surface area contributed by atoms with Crippen molar-refractivity contribution >= 4 is 11.7 Å². The molecule has 0 saturated heterocycles. The number of allylic oxidation sites excluding steroid dienone is 3. The number of nitro groups is 1. The number of hydrogen-bond donors (Lipinski definition) is 1. The molecule has 0 spiro atoms. The number of hydrogen-bond acceptors (Lipinski definition) is 3. The SMILES string of the molecule is CC1=CC=CC(C(=O)O)C1(C)c1ccccc1[N+](=O)[O-]. The number of carboxylic acid groups (broad SMARTS) is 1. The van der Waals surface area contributed by atoms with E-state index in [-0.39, 0.29) is 5.69 Å². The van der Waals surface area contributed by atoms with Crippen LogP contribution in [0, 0.1) is 16.0 Å². The highest BCUT2D eigenvalue weighted by Crippen LogP contribution is 2.45. The quantitative estimate of drug-likeness (QED) is 0.678. The van der Waals surface area contributed by atoms with E-state index in [2.05, 4.69) is 0 Å². The highest BCUT2D eigenvalue weighted by Gasteiger charge is 2.45. The monoisotopic (exact) mass is 273 g/mol. The van der Waals surface area contributed by atoms with Crippen molar-refractivity contribution in [2.24, 2.45) is 5.92 Å². The topological polar surface area (TPSA) is 80.4 Å². The Morgan fingerprint density at radius 3 is 2.65 bits per heavy atom. The standard InChI is InChI=1S/C15H15NO4/c1-10-6-5-8-12(14(17)18)15(10,2)11-7-3-4-9-13(11)16(19)20/h3-9,12H,1-2H3,(H,17,18). The van der Waals surface area contributed by atoms with Crippen LogP contribution in [0.15, 0.2) is 48.1 Å². The number of aliphatic carboxylic acids is 1. The Morgan fingerprint density at radius 2 is 2.05 bits per heavy atom. The van der Waals surface area contributed by atoms with Gasteiger partial charge in [0, 0.05) is 17.0 Å². The van der Waals surface area contributed by atoms with Gasteiger partial charge in [0.1, 0.15) is 0 Å². The number of benzene rings is 1. The molecule has 0 bridgehead atoms. The predicted molar refractivity (Wildman–Crippen MR) is 74.5 cm³/mol. The van der Waals surface area contributed by atoms with E-state index in [1.807, 2.05) is 0 Å². The lowest BCUT2D eigenvalue weighted by atomic mass is 9.64. The third kappa shape index (κ3) is 2.01. The summed E-state index contributed by atoms with van der Waals surface area (Å²) in [6.07, 6.45) is 5.06. The van der Waals surface area contributed by atoms with E-state index in [9.17, 15) is 20.0 Å². The van der Waals surface area contributed by atoms with E-state index in [0.29, 0.717) is 5.56 Å². The molecular formula is C15H15NO4. The van der Waals surface area contributed by atoms with E-state index in [4.69, 9.17) is 0 Å². The van der Waals surface area contributed by atoms with Gasteiger partial charge in [-0.3, -0.25) is 14.9 Å². The molecule has 2 rings (SSSR count). The van der Waals surface area contributed by atoms with Crippen LogP contribution in [-0.2, 0) is 10.2 Å². The molecule has 0 saturated carbocycles. The first-order valence-electron chi connectivity index (χ1n) is 6.21. The number of carbonyl (C=O) groups is 1. The van der Waals surface area contributed by atoms with E-state index in [1.165, 1.54) is 6.07 Å². The summed E-state index contributed by atoms with van der Waals surface area (Å²) in [7, 11) is 0. The van der Waals surface area contributed by atoms with Crippen molar-refractivity contribution in [2.45, 2.75) is 19.3 Å². The van der Waals surface area contributed by atoms with Crippen LogP contribution >= 0.6 is 0 Å². The van der Waals surface area contributed by atoms with E-state index < -0.39 is 22.2 Å². The zero-order chi connectivity index (χ0) is 14.9. The lowest BCUT2D eigenvalue weighted by Gasteiger charge is -2.36. The molecule has 1 aromatic carbocycles. The van der Waals surface area contributed by atoms with E-state index >= 15 is 0 Å². The first kappa shape index (κ1) is 14.0. The molecule has 20 heavy (non-hydrogen) atoms. The fourth-order valence-electron chi connectivity index (χ4n) is 2.70. The fraction of sp³-hybridized carbons (Fsp3) is 0.267. The van der Waals surface area contributed by atoms with Gasteiger partial charge in [-0.2, -0.15) is 0 Å². The maximum Gasteiger partial charge on any atom is 0.311 e. The first-order chi connectivity index (χ1) is 9.39. The van der Waals surface area contributed by atoms with Crippen LogP contribution in [0.25, 0.3) is 0 Å². The second kappa shape index (κ2) is 4.92. The summed E-state index contributed by atoms with van der Waals surface area (Å²) in [6, 6.07) is 6.31. The molecule has 104 valence electrons. The zero-order valence-electron chi connectivity index (χ0n) is 11.2. The Hall–Kier alpha value is -2.43. The van der Waals surface area contributed by atoms with Gasteiger partial charge in [0.15, 0.2) is 0 Å². The molecular weight excluding hydrogens is 258 g/mol. The Balaban J connectivity index is 2.70. The summed E-state index contributed by atoms with van der Waals surface area (Å²) in [6.45, 7) is 3.54. The number of nitrogens with zero attached hydrogens (tertiary/aromatic N) is 1. The predicted octanol–water partition coefficient (Wildman–Crippen LogP) is 3.07. The molecule has 0 fully saturated rings. The van der Waals surface area contributed by atoms with Gasteiger partial charge in [-0.05, 0) is 6.92 Å². The first-order valence-corrected chi connectivity index (χ1v) is 6.21. The fourth-order valence-corrected chi connectivity index (χ4v) is 2.70. The summed E-state index contributed by atoms with van der Waals surface area (Å²) in [5, 5.41) is 20.6. The normalized spacial score (nSPS) is 25.1. The molecule has 1 aliphatic carbocycles. The highest BCUT2D eigenvalue weighted by atomic mass is 16.6. The van der Waals surface area contributed by atoms with Crippen LogP contribution in [0.1, 0.15) is 19.4 Å². The minimum absolute atomic E-state index is 0.0516. The van der Waals surface area contributed by atoms with Gasteiger partial charge in [-0.25, -0.2) is 0 Å². The molecule has 0 radical (unpaired) electrons. The minimum atomic E-state index is -0.991.